The Labute approximate surface area is 106 Å². The summed E-state index contributed by atoms with van der Waals surface area (Å²) in [6.45, 7) is 4.91. The zero-order chi connectivity index (χ0) is 12.8. The number of hydrogen-bond acceptors (Lipinski definition) is 4. The highest BCUT2D eigenvalue weighted by Crippen LogP contribution is 2.02. The number of anilines is 1. The summed E-state index contributed by atoms with van der Waals surface area (Å²) >= 11 is 0. The van der Waals surface area contributed by atoms with Gasteiger partial charge in [-0.15, -0.1) is 0 Å². The van der Waals surface area contributed by atoms with E-state index < -0.39 is 0 Å². The molecule has 2 rings (SSSR count). The van der Waals surface area contributed by atoms with Crippen LogP contribution in [0.4, 0.5) is 10.6 Å². The van der Waals surface area contributed by atoms with Crippen LogP contribution in [0.3, 0.4) is 0 Å². The van der Waals surface area contributed by atoms with Crippen molar-refractivity contribution in [1.29, 1.82) is 0 Å². The molecule has 7 nitrogen and oxygen atoms in total. The largest absolute Gasteiger partial charge is 0.379 e. The average molecular weight is 253 g/mol. The van der Waals surface area contributed by atoms with Gasteiger partial charge in [0.05, 0.1) is 19.4 Å². The molecule has 100 valence electrons. The van der Waals surface area contributed by atoms with Gasteiger partial charge >= 0.3 is 6.03 Å². The number of nitrogens with one attached hydrogen (secondary N) is 2. The SMILES string of the molecule is Cn1nccc1NC(=O)NCCN1CCOCC1. The van der Waals surface area contributed by atoms with Crippen molar-refractivity contribution in [3.8, 4) is 0 Å². The van der Waals surface area contributed by atoms with Crippen LogP contribution in [0.2, 0.25) is 0 Å². The fourth-order valence-corrected chi connectivity index (χ4v) is 1.81. The predicted octanol–water partition coefficient (Wildman–Crippen LogP) is -0.126. The smallest absolute Gasteiger partial charge is 0.320 e. The molecule has 1 saturated heterocycles. The molecule has 0 atom stereocenters. The van der Waals surface area contributed by atoms with E-state index in [0.717, 1.165) is 32.8 Å². The monoisotopic (exact) mass is 253 g/mol. The molecule has 0 aromatic carbocycles. The molecule has 0 spiro atoms. The van der Waals surface area contributed by atoms with Crippen molar-refractivity contribution in [2.24, 2.45) is 7.05 Å². The van der Waals surface area contributed by atoms with Crippen molar-refractivity contribution < 1.29 is 9.53 Å². The minimum atomic E-state index is -0.202. The van der Waals surface area contributed by atoms with E-state index in [0.29, 0.717) is 12.4 Å². The molecule has 1 aliphatic heterocycles. The lowest BCUT2D eigenvalue weighted by atomic mass is 10.4. The van der Waals surface area contributed by atoms with E-state index in [1.807, 2.05) is 0 Å². The Bertz CT molecular complexity index is 387. The lowest BCUT2D eigenvalue weighted by Crippen LogP contribution is -2.42. The lowest BCUT2D eigenvalue weighted by Gasteiger charge is -2.26. The van der Waals surface area contributed by atoms with Crippen molar-refractivity contribution >= 4 is 11.8 Å². The van der Waals surface area contributed by atoms with Crippen LogP contribution in [0.1, 0.15) is 0 Å². The van der Waals surface area contributed by atoms with Gasteiger partial charge in [-0.3, -0.25) is 14.9 Å². The Morgan fingerprint density at radius 1 is 1.50 bits per heavy atom. The maximum Gasteiger partial charge on any atom is 0.320 e. The first-order valence-electron chi connectivity index (χ1n) is 6.08. The molecule has 0 radical (unpaired) electrons. The molecule has 0 saturated carbocycles. The van der Waals surface area contributed by atoms with Gasteiger partial charge in [0.15, 0.2) is 0 Å². The van der Waals surface area contributed by atoms with E-state index in [-0.39, 0.29) is 6.03 Å². The number of aryl methyl sites for hydroxylation is 1. The third-order valence-electron chi connectivity index (χ3n) is 2.88. The van der Waals surface area contributed by atoms with Crippen LogP contribution < -0.4 is 10.6 Å². The van der Waals surface area contributed by atoms with Crippen LogP contribution >= 0.6 is 0 Å². The number of urea groups is 1. The molecular weight excluding hydrogens is 234 g/mol. The van der Waals surface area contributed by atoms with E-state index in [4.69, 9.17) is 4.74 Å². The van der Waals surface area contributed by atoms with Gasteiger partial charge in [-0.1, -0.05) is 0 Å². The van der Waals surface area contributed by atoms with Gasteiger partial charge in [0.25, 0.3) is 0 Å². The Balaban J connectivity index is 1.64. The number of ether oxygens (including phenoxy) is 1. The first-order chi connectivity index (χ1) is 8.75. The number of hydrogen-bond donors (Lipinski definition) is 2. The van der Waals surface area contributed by atoms with Crippen LogP contribution in [0, 0.1) is 0 Å². The average Bonchev–Trinajstić information content (AvgIpc) is 2.76. The third-order valence-corrected chi connectivity index (χ3v) is 2.88. The van der Waals surface area contributed by atoms with Gasteiger partial charge in [0, 0.05) is 39.3 Å². The van der Waals surface area contributed by atoms with Crippen molar-refractivity contribution in [2.45, 2.75) is 0 Å². The molecule has 0 unspecified atom stereocenters. The summed E-state index contributed by atoms with van der Waals surface area (Å²) in [7, 11) is 1.78. The second-order valence-electron chi connectivity index (χ2n) is 4.17. The van der Waals surface area contributed by atoms with Crippen LogP contribution in [0.15, 0.2) is 12.3 Å². The Kier molecular flexibility index (Phi) is 4.54. The minimum Gasteiger partial charge on any atom is -0.379 e. The van der Waals surface area contributed by atoms with E-state index >= 15 is 0 Å². The summed E-state index contributed by atoms with van der Waals surface area (Å²) in [6.07, 6.45) is 1.64. The molecule has 7 heteroatoms. The van der Waals surface area contributed by atoms with Crippen LogP contribution in [0.5, 0.6) is 0 Å². The third kappa shape index (κ3) is 3.71. The molecule has 1 fully saturated rings. The first kappa shape index (κ1) is 12.8. The van der Waals surface area contributed by atoms with Crippen molar-refractivity contribution in [3.63, 3.8) is 0 Å². The molecule has 18 heavy (non-hydrogen) atoms. The number of carbonyl (C=O) groups excluding carboxylic acids is 1. The number of nitrogens with zero attached hydrogens (tertiary/aromatic N) is 3. The summed E-state index contributed by atoms with van der Waals surface area (Å²) in [4.78, 5) is 13.9. The molecule has 1 aliphatic rings. The van der Waals surface area contributed by atoms with Crippen molar-refractivity contribution in [3.05, 3.63) is 12.3 Å². The molecule has 1 aromatic rings. The predicted molar refractivity (Wildman–Crippen MR) is 67.5 cm³/mol. The van der Waals surface area contributed by atoms with Gasteiger partial charge < -0.3 is 10.1 Å². The first-order valence-corrected chi connectivity index (χ1v) is 6.08. The number of amides is 2. The van der Waals surface area contributed by atoms with E-state index in [1.165, 1.54) is 0 Å². The standard InChI is InChI=1S/C11H19N5O2/c1-15-10(2-3-13-15)14-11(17)12-4-5-16-6-8-18-9-7-16/h2-3H,4-9H2,1H3,(H2,12,14,17). The van der Waals surface area contributed by atoms with Crippen LogP contribution in [-0.4, -0.2) is 60.1 Å². The van der Waals surface area contributed by atoms with Crippen molar-refractivity contribution in [2.75, 3.05) is 44.7 Å². The minimum absolute atomic E-state index is 0.202. The van der Waals surface area contributed by atoms with E-state index in [9.17, 15) is 4.79 Å². The molecule has 2 heterocycles. The topological polar surface area (TPSA) is 71.4 Å². The zero-order valence-electron chi connectivity index (χ0n) is 10.6. The van der Waals surface area contributed by atoms with Gasteiger partial charge in [-0.05, 0) is 0 Å². The van der Waals surface area contributed by atoms with E-state index in [1.54, 1.807) is 24.0 Å². The van der Waals surface area contributed by atoms with Gasteiger partial charge in [-0.2, -0.15) is 5.10 Å². The highest BCUT2D eigenvalue weighted by molar-refractivity contribution is 5.88. The van der Waals surface area contributed by atoms with Crippen LogP contribution in [-0.2, 0) is 11.8 Å². The number of aromatic nitrogens is 2. The Hall–Kier alpha value is -1.60. The summed E-state index contributed by atoms with van der Waals surface area (Å²) in [5, 5.41) is 9.53. The quantitative estimate of drug-likeness (QED) is 0.784. The maximum atomic E-state index is 11.6. The summed E-state index contributed by atoms with van der Waals surface area (Å²) in [5.74, 6) is 0.680. The fourth-order valence-electron chi connectivity index (χ4n) is 1.81. The maximum absolute atomic E-state index is 11.6. The van der Waals surface area contributed by atoms with E-state index in [2.05, 4.69) is 20.6 Å². The molecule has 0 bridgehead atoms. The molecule has 2 N–H and O–H groups in total. The second-order valence-corrected chi connectivity index (χ2v) is 4.17. The van der Waals surface area contributed by atoms with Crippen LogP contribution in [0.25, 0.3) is 0 Å². The second kappa shape index (κ2) is 6.36. The Morgan fingerprint density at radius 3 is 2.94 bits per heavy atom. The summed E-state index contributed by atoms with van der Waals surface area (Å²) in [6, 6.07) is 1.55. The lowest BCUT2D eigenvalue weighted by molar-refractivity contribution is 0.0388. The Morgan fingerprint density at radius 2 is 2.28 bits per heavy atom. The summed E-state index contributed by atoms with van der Waals surface area (Å²) in [5.41, 5.74) is 0. The highest BCUT2D eigenvalue weighted by atomic mass is 16.5. The molecular formula is C11H19N5O2. The zero-order valence-corrected chi connectivity index (χ0v) is 10.6. The molecule has 2 amide bonds. The van der Waals surface area contributed by atoms with Crippen molar-refractivity contribution in [1.82, 2.24) is 20.0 Å². The van der Waals surface area contributed by atoms with Gasteiger partial charge in [0.1, 0.15) is 5.82 Å². The normalized spacial score (nSPS) is 16.5. The highest BCUT2D eigenvalue weighted by Gasteiger charge is 2.10. The summed E-state index contributed by atoms with van der Waals surface area (Å²) < 4.78 is 6.87. The number of rotatable bonds is 4. The van der Waals surface area contributed by atoms with Gasteiger partial charge in [-0.25, -0.2) is 4.79 Å². The number of morpholine rings is 1. The molecule has 0 aliphatic carbocycles. The fraction of sp³-hybridized carbons (Fsp3) is 0.636. The number of carbonyl (C=O) groups is 1. The molecule has 1 aromatic heterocycles. The van der Waals surface area contributed by atoms with Gasteiger partial charge in [0.2, 0.25) is 0 Å².